The summed E-state index contributed by atoms with van der Waals surface area (Å²) in [6, 6.07) is 3.64. The number of aliphatic imine (C=N–C) groups is 1. The zero-order valence-electron chi connectivity index (χ0n) is 16.7. The number of hydrogen-bond donors (Lipinski definition) is 2. The van der Waals surface area contributed by atoms with Gasteiger partial charge in [-0.2, -0.15) is 13.2 Å². The van der Waals surface area contributed by atoms with Crippen molar-refractivity contribution in [1.82, 2.24) is 10.6 Å². The second-order valence-corrected chi connectivity index (χ2v) is 9.13. The molecule has 0 amide bonds. The molecule has 1 rings (SSSR count). The molecule has 0 bridgehead atoms. The third-order valence-corrected chi connectivity index (χ3v) is 4.71. The molecule has 0 saturated heterocycles. The molecule has 1 atom stereocenters. The SMILES string of the molecule is CN=C(NCc1ccc(OC(C)C)cc1C(F)(F)F)NC(C)CCS(C)(=O)=O. The van der Waals surface area contributed by atoms with Gasteiger partial charge < -0.3 is 15.4 Å². The Morgan fingerprint density at radius 3 is 2.39 bits per heavy atom. The lowest BCUT2D eigenvalue weighted by Gasteiger charge is -2.20. The first-order valence-electron chi connectivity index (χ1n) is 8.83. The summed E-state index contributed by atoms with van der Waals surface area (Å²) in [7, 11) is -1.60. The van der Waals surface area contributed by atoms with Crippen molar-refractivity contribution in [3.63, 3.8) is 0 Å². The zero-order valence-corrected chi connectivity index (χ0v) is 17.5. The lowest BCUT2D eigenvalue weighted by Crippen LogP contribution is -2.42. The van der Waals surface area contributed by atoms with Crippen molar-refractivity contribution in [2.24, 2.45) is 4.99 Å². The molecule has 2 N–H and O–H groups in total. The van der Waals surface area contributed by atoms with Crippen LogP contribution in [-0.2, 0) is 22.6 Å². The predicted molar refractivity (Wildman–Crippen MR) is 104 cm³/mol. The molecule has 6 nitrogen and oxygen atoms in total. The quantitative estimate of drug-likeness (QED) is 0.496. The van der Waals surface area contributed by atoms with Crippen molar-refractivity contribution in [3.05, 3.63) is 29.3 Å². The Hall–Kier alpha value is -1.97. The van der Waals surface area contributed by atoms with Crippen LogP contribution in [0, 0.1) is 0 Å². The molecular formula is C18H28F3N3O3S. The number of guanidine groups is 1. The number of nitrogens with zero attached hydrogens (tertiary/aromatic N) is 1. The molecule has 0 aliphatic heterocycles. The van der Waals surface area contributed by atoms with Crippen molar-refractivity contribution >= 4 is 15.8 Å². The molecule has 0 radical (unpaired) electrons. The van der Waals surface area contributed by atoms with Gasteiger partial charge in [0.2, 0.25) is 0 Å². The summed E-state index contributed by atoms with van der Waals surface area (Å²) in [4.78, 5) is 3.98. The zero-order chi connectivity index (χ0) is 21.5. The number of sulfone groups is 1. The van der Waals surface area contributed by atoms with Crippen molar-refractivity contribution in [2.75, 3.05) is 19.1 Å². The van der Waals surface area contributed by atoms with Crippen LogP contribution in [0.15, 0.2) is 23.2 Å². The highest BCUT2D eigenvalue weighted by Gasteiger charge is 2.33. The third-order valence-electron chi connectivity index (χ3n) is 3.73. The minimum atomic E-state index is -4.52. The molecule has 160 valence electrons. The smallest absolute Gasteiger partial charge is 0.416 e. The molecular weight excluding hydrogens is 395 g/mol. The highest BCUT2D eigenvalue weighted by atomic mass is 32.2. The van der Waals surface area contributed by atoms with Gasteiger partial charge in [0.1, 0.15) is 15.6 Å². The van der Waals surface area contributed by atoms with Gasteiger partial charge in [0.05, 0.1) is 17.4 Å². The number of hydrogen-bond acceptors (Lipinski definition) is 4. The monoisotopic (exact) mass is 423 g/mol. The van der Waals surface area contributed by atoms with Crippen molar-refractivity contribution in [2.45, 2.75) is 52.1 Å². The second kappa shape index (κ2) is 9.99. The summed E-state index contributed by atoms with van der Waals surface area (Å²) >= 11 is 0. The fourth-order valence-electron chi connectivity index (χ4n) is 2.39. The van der Waals surface area contributed by atoms with Crippen LogP contribution in [0.2, 0.25) is 0 Å². The largest absolute Gasteiger partial charge is 0.491 e. The first kappa shape index (κ1) is 24.1. The molecule has 1 unspecified atom stereocenters. The van der Waals surface area contributed by atoms with Gasteiger partial charge in [0.15, 0.2) is 5.96 Å². The molecule has 0 fully saturated rings. The van der Waals surface area contributed by atoms with E-state index < -0.39 is 21.6 Å². The average molecular weight is 424 g/mol. The number of ether oxygens (including phenoxy) is 1. The molecule has 0 aliphatic rings. The van der Waals surface area contributed by atoms with Crippen molar-refractivity contribution < 1.29 is 26.3 Å². The molecule has 10 heteroatoms. The fourth-order valence-corrected chi connectivity index (χ4v) is 3.17. The van der Waals surface area contributed by atoms with E-state index in [0.29, 0.717) is 6.42 Å². The fraction of sp³-hybridized carbons (Fsp3) is 0.611. The molecule has 28 heavy (non-hydrogen) atoms. The van der Waals surface area contributed by atoms with E-state index in [0.717, 1.165) is 12.3 Å². The molecule has 0 aromatic heterocycles. The Kier molecular flexibility index (Phi) is 8.59. The Balaban J connectivity index is 2.83. The Morgan fingerprint density at radius 2 is 1.89 bits per heavy atom. The lowest BCUT2D eigenvalue weighted by atomic mass is 10.1. The van der Waals surface area contributed by atoms with Gasteiger partial charge in [0.25, 0.3) is 0 Å². The first-order valence-corrected chi connectivity index (χ1v) is 10.9. The van der Waals surface area contributed by atoms with Gasteiger partial charge in [-0.15, -0.1) is 0 Å². The highest BCUT2D eigenvalue weighted by molar-refractivity contribution is 7.90. The van der Waals surface area contributed by atoms with Crippen molar-refractivity contribution in [1.29, 1.82) is 0 Å². The Labute approximate surface area is 164 Å². The van der Waals surface area contributed by atoms with Gasteiger partial charge in [0, 0.05) is 25.9 Å². The van der Waals surface area contributed by atoms with Gasteiger partial charge >= 0.3 is 6.18 Å². The van der Waals surface area contributed by atoms with Crippen molar-refractivity contribution in [3.8, 4) is 5.75 Å². The van der Waals surface area contributed by atoms with E-state index in [1.807, 2.05) is 0 Å². The van der Waals surface area contributed by atoms with Gasteiger partial charge in [-0.25, -0.2) is 8.42 Å². The number of halogens is 3. The number of nitrogens with one attached hydrogen (secondary N) is 2. The van der Waals surface area contributed by atoms with Gasteiger partial charge in [-0.1, -0.05) is 6.07 Å². The maximum absolute atomic E-state index is 13.4. The van der Waals surface area contributed by atoms with Crippen LogP contribution in [0.25, 0.3) is 0 Å². The normalized spacial score (nSPS) is 14.1. The molecule has 0 aliphatic carbocycles. The topological polar surface area (TPSA) is 79.8 Å². The van der Waals surface area contributed by atoms with Crippen LogP contribution in [0.5, 0.6) is 5.75 Å². The molecule has 0 saturated carbocycles. The van der Waals surface area contributed by atoms with E-state index in [2.05, 4.69) is 15.6 Å². The number of benzene rings is 1. The van der Waals surface area contributed by atoms with E-state index >= 15 is 0 Å². The summed E-state index contributed by atoms with van der Waals surface area (Å²) in [6.45, 7) is 5.15. The Morgan fingerprint density at radius 1 is 1.25 bits per heavy atom. The second-order valence-electron chi connectivity index (χ2n) is 6.87. The van der Waals surface area contributed by atoms with E-state index in [9.17, 15) is 21.6 Å². The van der Waals surface area contributed by atoms with Crippen LogP contribution in [0.3, 0.4) is 0 Å². The minimum absolute atomic E-state index is 0.00764. The molecule has 0 heterocycles. The number of rotatable bonds is 8. The van der Waals surface area contributed by atoms with E-state index in [1.54, 1.807) is 20.8 Å². The maximum Gasteiger partial charge on any atom is 0.416 e. The van der Waals surface area contributed by atoms with E-state index in [4.69, 9.17) is 4.74 Å². The van der Waals surface area contributed by atoms with Crippen LogP contribution < -0.4 is 15.4 Å². The average Bonchev–Trinajstić information content (AvgIpc) is 2.55. The summed E-state index contributed by atoms with van der Waals surface area (Å²) in [5.41, 5.74) is -0.728. The van der Waals surface area contributed by atoms with Crippen LogP contribution in [0.4, 0.5) is 13.2 Å². The summed E-state index contributed by atoms with van der Waals surface area (Å²) in [5.74, 6) is 0.452. The van der Waals surface area contributed by atoms with E-state index in [-0.39, 0.29) is 41.7 Å². The molecule has 0 spiro atoms. The lowest BCUT2D eigenvalue weighted by molar-refractivity contribution is -0.138. The highest BCUT2D eigenvalue weighted by Crippen LogP contribution is 2.34. The van der Waals surface area contributed by atoms with Crippen LogP contribution in [0.1, 0.15) is 38.3 Å². The summed E-state index contributed by atoms with van der Waals surface area (Å²) in [6.07, 6.45) is -3.25. The van der Waals surface area contributed by atoms with E-state index in [1.165, 1.54) is 19.2 Å². The third kappa shape index (κ3) is 8.81. The Bertz CT molecular complexity index is 778. The predicted octanol–water partition coefficient (Wildman–Crippen LogP) is 2.98. The summed E-state index contributed by atoms with van der Waals surface area (Å²) in [5, 5.41) is 5.81. The standard InChI is InChI=1S/C18H28F3N3O3S/c1-12(2)27-15-7-6-14(16(10-15)18(19,20)21)11-23-17(22-4)24-13(3)8-9-28(5,25)26/h6-7,10,12-13H,8-9,11H2,1-5H3,(H2,22,23,24). The minimum Gasteiger partial charge on any atom is -0.491 e. The van der Waals surface area contributed by atoms with Crippen LogP contribution >= 0.6 is 0 Å². The van der Waals surface area contributed by atoms with Crippen LogP contribution in [-0.4, -0.2) is 45.6 Å². The van der Waals surface area contributed by atoms with Gasteiger partial charge in [-0.3, -0.25) is 4.99 Å². The molecule has 1 aromatic rings. The summed E-state index contributed by atoms with van der Waals surface area (Å²) < 4.78 is 68.1. The van der Waals surface area contributed by atoms with Gasteiger partial charge in [-0.05, 0) is 44.9 Å². The first-order chi connectivity index (χ1) is 12.8. The molecule has 1 aromatic carbocycles. The number of alkyl halides is 3. The maximum atomic E-state index is 13.4.